The van der Waals surface area contributed by atoms with Gasteiger partial charge in [-0.05, 0) is 76.6 Å². The summed E-state index contributed by atoms with van der Waals surface area (Å²) in [5, 5.41) is 3.63. The van der Waals surface area contributed by atoms with Gasteiger partial charge in [-0.3, -0.25) is 4.98 Å². The number of piperazine rings is 1. The van der Waals surface area contributed by atoms with Gasteiger partial charge in [-0.15, -0.1) is 0 Å². The number of halogens is 5. The summed E-state index contributed by atoms with van der Waals surface area (Å²) in [5.74, 6) is -0.354. The van der Waals surface area contributed by atoms with Gasteiger partial charge in [0.25, 0.3) is 0 Å². The second-order valence-electron chi connectivity index (χ2n) is 8.72. The zero-order valence-electron chi connectivity index (χ0n) is 19.7. The summed E-state index contributed by atoms with van der Waals surface area (Å²) in [4.78, 5) is 6.17. The third-order valence-corrected chi connectivity index (χ3v) is 8.88. The SMILES string of the molecule is O=S(=O)(c1ccc(Nc2ccnc3cc(C(F)(F)F)ccc23)cc1)N1CCN(c2ccc(F)cc2Br)CC1. The number of aromatic nitrogens is 1. The maximum Gasteiger partial charge on any atom is 0.416 e. The molecule has 0 aliphatic carbocycles. The van der Waals surface area contributed by atoms with Gasteiger partial charge in [-0.1, -0.05) is 6.07 Å². The van der Waals surface area contributed by atoms with E-state index >= 15 is 0 Å². The van der Waals surface area contributed by atoms with Gasteiger partial charge in [0.05, 0.1) is 21.7 Å². The highest BCUT2D eigenvalue weighted by molar-refractivity contribution is 9.10. The smallest absolute Gasteiger partial charge is 0.368 e. The number of alkyl halides is 3. The molecule has 0 saturated carbocycles. The molecule has 0 unspecified atom stereocenters. The van der Waals surface area contributed by atoms with E-state index < -0.39 is 21.8 Å². The molecule has 0 spiro atoms. The molecule has 1 aromatic heterocycles. The summed E-state index contributed by atoms with van der Waals surface area (Å²) < 4.78 is 81.0. The number of hydrogen-bond acceptors (Lipinski definition) is 5. The van der Waals surface area contributed by atoms with Crippen LogP contribution in [-0.2, 0) is 16.2 Å². The molecule has 4 aromatic rings. The lowest BCUT2D eigenvalue weighted by molar-refractivity contribution is -0.137. The molecule has 5 rings (SSSR count). The second-order valence-corrected chi connectivity index (χ2v) is 11.5. The van der Waals surface area contributed by atoms with Gasteiger partial charge in [-0.2, -0.15) is 17.5 Å². The summed E-state index contributed by atoms with van der Waals surface area (Å²) >= 11 is 3.36. The van der Waals surface area contributed by atoms with E-state index in [1.807, 2.05) is 4.90 Å². The average molecular weight is 609 g/mol. The molecule has 38 heavy (non-hydrogen) atoms. The van der Waals surface area contributed by atoms with Gasteiger partial charge in [0, 0.05) is 53.6 Å². The second kappa shape index (κ2) is 10.2. The quantitative estimate of drug-likeness (QED) is 0.265. The number of nitrogens with zero attached hydrogens (tertiary/aromatic N) is 3. The summed E-state index contributed by atoms with van der Waals surface area (Å²) in [6, 6.07) is 15.6. The van der Waals surface area contributed by atoms with Crippen LogP contribution in [0.4, 0.5) is 34.6 Å². The third kappa shape index (κ3) is 5.33. The van der Waals surface area contributed by atoms with E-state index in [1.165, 1.54) is 40.8 Å². The van der Waals surface area contributed by atoms with E-state index in [1.54, 1.807) is 24.3 Å². The monoisotopic (exact) mass is 608 g/mol. The van der Waals surface area contributed by atoms with Crippen LogP contribution in [0.3, 0.4) is 0 Å². The molecule has 198 valence electrons. The van der Waals surface area contributed by atoms with E-state index in [9.17, 15) is 26.0 Å². The minimum Gasteiger partial charge on any atom is -0.368 e. The van der Waals surface area contributed by atoms with Gasteiger partial charge in [0.2, 0.25) is 10.0 Å². The van der Waals surface area contributed by atoms with Crippen molar-refractivity contribution >= 4 is 53.9 Å². The van der Waals surface area contributed by atoms with Crippen LogP contribution in [0.2, 0.25) is 0 Å². The molecule has 6 nitrogen and oxygen atoms in total. The minimum atomic E-state index is -4.47. The van der Waals surface area contributed by atoms with Crippen molar-refractivity contribution in [3.05, 3.63) is 88.8 Å². The number of hydrogen-bond donors (Lipinski definition) is 1. The largest absolute Gasteiger partial charge is 0.416 e. The molecule has 1 saturated heterocycles. The van der Waals surface area contributed by atoms with Gasteiger partial charge in [0.1, 0.15) is 5.82 Å². The van der Waals surface area contributed by atoms with E-state index in [0.717, 1.165) is 17.8 Å². The maximum atomic E-state index is 13.4. The van der Waals surface area contributed by atoms with Crippen LogP contribution in [-0.4, -0.2) is 43.9 Å². The molecular weight excluding hydrogens is 588 g/mol. The highest BCUT2D eigenvalue weighted by Gasteiger charge is 2.31. The van der Waals surface area contributed by atoms with Crippen LogP contribution >= 0.6 is 15.9 Å². The van der Waals surface area contributed by atoms with E-state index in [-0.39, 0.29) is 29.3 Å². The van der Waals surface area contributed by atoms with Gasteiger partial charge in [0.15, 0.2) is 0 Å². The standard InChI is InChI=1S/C26H21BrF4N4O2S/c27-22-16-18(28)2-8-25(22)34-11-13-35(14-12-34)38(36,37)20-5-3-19(4-6-20)33-23-9-10-32-24-15-17(26(29,30)31)1-7-21(23)24/h1-10,15-16H,11-14H2,(H,32,33). The number of rotatable bonds is 5. The summed E-state index contributed by atoms with van der Waals surface area (Å²) in [6.07, 6.45) is -3.06. The molecule has 0 atom stereocenters. The first kappa shape index (κ1) is 26.4. The fourth-order valence-corrected chi connectivity index (χ4v) is 6.38. The molecule has 1 fully saturated rings. The van der Waals surface area contributed by atoms with E-state index in [4.69, 9.17) is 0 Å². The van der Waals surface area contributed by atoms with E-state index in [2.05, 4.69) is 26.2 Å². The van der Waals surface area contributed by atoms with Crippen LogP contribution in [0.25, 0.3) is 10.9 Å². The van der Waals surface area contributed by atoms with Crippen molar-refractivity contribution in [3.8, 4) is 0 Å². The number of pyridine rings is 1. The van der Waals surface area contributed by atoms with Gasteiger partial charge >= 0.3 is 6.18 Å². The van der Waals surface area contributed by atoms with Crippen LogP contribution in [0.5, 0.6) is 0 Å². The zero-order valence-corrected chi connectivity index (χ0v) is 22.1. The molecule has 0 radical (unpaired) electrons. The minimum absolute atomic E-state index is 0.133. The molecule has 1 aliphatic heterocycles. The summed E-state index contributed by atoms with van der Waals surface area (Å²) in [7, 11) is -3.74. The predicted molar refractivity (Wildman–Crippen MR) is 142 cm³/mol. The fraction of sp³-hybridized carbons (Fsp3) is 0.192. The highest BCUT2D eigenvalue weighted by Crippen LogP contribution is 2.34. The summed E-state index contributed by atoms with van der Waals surface area (Å²) in [6.45, 7) is 1.45. The Balaban J connectivity index is 1.29. The van der Waals surface area contributed by atoms with Crippen LogP contribution in [0.15, 0.2) is 82.3 Å². The first-order valence-corrected chi connectivity index (χ1v) is 13.8. The van der Waals surface area contributed by atoms with Crippen molar-refractivity contribution in [1.82, 2.24) is 9.29 Å². The average Bonchev–Trinajstić information content (AvgIpc) is 2.88. The Morgan fingerprint density at radius 2 is 1.61 bits per heavy atom. The molecular formula is C26H21BrF4N4O2S. The normalized spacial score (nSPS) is 15.1. The fourth-order valence-electron chi connectivity index (χ4n) is 4.36. The lowest BCUT2D eigenvalue weighted by atomic mass is 10.1. The summed E-state index contributed by atoms with van der Waals surface area (Å²) in [5.41, 5.74) is 1.33. The van der Waals surface area contributed by atoms with Crippen LogP contribution in [0.1, 0.15) is 5.56 Å². The van der Waals surface area contributed by atoms with Crippen LogP contribution in [0, 0.1) is 5.82 Å². The number of benzene rings is 3. The Morgan fingerprint density at radius 3 is 2.26 bits per heavy atom. The number of sulfonamides is 1. The zero-order chi connectivity index (χ0) is 27.1. The molecule has 0 bridgehead atoms. The Labute approximate surface area is 225 Å². The third-order valence-electron chi connectivity index (χ3n) is 6.33. The van der Waals surface area contributed by atoms with Crippen molar-refractivity contribution in [2.75, 3.05) is 36.4 Å². The van der Waals surface area contributed by atoms with Crippen molar-refractivity contribution in [3.63, 3.8) is 0 Å². The lowest BCUT2D eigenvalue weighted by Crippen LogP contribution is -2.48. The molecule has 0 amide bonds. The van der Waals surface area contributed by atoms with Crippen molar-refractivity contribution in [2.45, 2.75) is 11.1 Å². The molecule has 1 N–H and O–H groups in total. The highest BCUT2D eigenvalue weighted by atomic mass is 79.9. The Bertz CT molecular complexity index is 1590. The molecule has 3 aromatic carbocycles. The first-order chi connectivity index (χ1) is 18.0. The van der Waals surface area contributed by atoms with Crippen molar-refractivity contribution in [1.29, 1.82) is 0 Å². The Morgan fingerprint density at radius 1 is 0.895 bits per heavy atom. The van der Waals surface area contributed by atoms with Gasteiger partial charge in [-0.25, -0.2) is 12.8 Å². The van der Waals surface area contributed by atoms with Gasteiger partial charge < -0.3 is 10.2 Å². The van der Waals surface area contributed by atoms with Crippen LogP contribution < -0.4 is 10.2 Å². The number of fused-ring (bicyclic) bond motifs is 1. The maximum absolute atomic E-state index is 13.4. The first-order valence-electron chi connectivity index (χ1n) is 11.6. The van der Waals surface area contributed by atoms with E-state index in [0.29, 0.717) is 34.3 Å². The molecule has 1 aliphatic rings. The molecule has 2 heterocycles. The topological polar surface area (TPSA) is 65.5 Å². The lowest BCUT2D eigenvalue weighted by Gasteiger charge is -2.35. The Hall–Kier alpha value is -3.22. The van der Waals surface area contributed by atoms with Crippen molar-refractivity contribution < 1.29 is 26.0 Å². The van der Waals surface area contributed by atoms with Crippen molar-refractivity contribution in [2.24, 2.45) is 0 Å². The molecule has 12 heteroatoms. The predicted octanol–water partition coefficient (Wildman–Crippen LogP) is 6.41. The Kier molecular flexibility index (Phi) is 7.05. The number of anilines is 3. The number of nitrogens with one attached hydrogen (secondary N) is 1.